The zero-order valence-corrected chi connectivity index (χ0v) is 14.1. The van der Waals surface area contributed by atoms with E-state index in [1.807, 2.05) is 0 Å². The van der Waals surface area contributed by atoms with Gasteiger partial charge in [-0.15, -0.1) is 0 Å². The lowest BCUT2D eigenvalue weighted by atomic mass is 10.1. The van der Waals surface area contributed by atoms with Crippen LogP contribution < -0.4 is 5.01 Å². The molecule has 0 fully saturated rings. The van der Waals surface area contributed by atoms with Crippen molar-refractivity contribution >= 4 is 55.9 Å². The van der Waals surface area contributed by atoms with Crippen molar-refractivity contribution in [3.63, 3.8) is 0 Å². The maximum absolute atomic E-state index is 12.3. The SMILES string of the molecule is O=C1C(=Cc2cc(Br)c(O)c(Br)c2)C=NN1c1cnccn1. The van der Waals surface area contributed by atoms with E-state index in [-0.39, 0.29) is 11.7 Å². The second kappa shape index (κ2) is 5.98. The highest BCUT2D eigenvalue weighted by Gasteiger charge is 2.25. The van der Waals surface area contributed by atoms with Crippen LogP contribution in [0, 0.1) is 0 Å². The Labute approximate surface area is 142 Å². The van der Waals surface area contributed by atoms with Gasteiger partial charge in [0.1, 0.15) is 5.75 Å². The van der Waals surface area contributed by atoms with Gasteiger partial charge in [-0.3, -0.25) is 9.78 Å². The summed E-state index contributed by atoms with van der Waals surface area (Å²) in [5, 5.41) is 14.9. The number of hydrazone groups is 1. The van der Waals surface area contributed by atoms with Gasteiger partial charge in [0.15, 0.2) is 5.82 Å². The summed E-state index contributed by atoms with van der Waals surface area (Å²) in [5.74, 6) is 0.177. The van der Waals surface area contributed by atoms with Gasteiger partial charge in [-0.1, -0.05) is 0 Å². The number of phenolic OH excluding ortho intramolecular Hbond substituents is 1. The fraction of sp³-hybridized carbons (Fsp3) is 0. The Hall–Kier alpha value is -2.06. The van der Waals surface area contributed by atoms with Crippen LogP contribution in [0.15, 0.2) is 50.3 Å². The molecule has 1 amide bonds. The van der Waals surface area contributed by atoms with E-state index < -0.39 is 0 Å². The predicted molar refractivity (Wildman–Crippen MR) is 89.5 cm³/mol. The molecule has 0 saturated carbocycles. The van der Waals surface area contributed by atoms with Crippen molar-refractivity contribution in [3.8, 4) is 5.75 Å². The number of carbonyl (C=O) groups excluding carboxylic acids is 1. The first kappa shape index (κ1) is 14.9. The summed E-state index contributed by atoms with van der Waals surface area (Å²) in [6, 6.07) is 3.42. The van der Waals surface area contributed by atoms with Crippen molar-refractivity contribution in [2.45, 2.75) is 0 Å². The first-order valence-corrected chi connectivity index (χ1v) is 7.69. The molecule has 110 valence electrons. The zero-order chi connectivity index (χ0) is 15.7. The van der Waals surface area contributed by atoms with E-state index in [4.69, 9.17) is 0 Å². The third-order valence-electron chi connectivity index (χ3n) is 2.88. The van der Waals surface area contributed by atoms with Crippen LogP contribution >= 0.6 is 31.9 Å². The van der Waals surface area contributed by atoms with Crippen LogP contribution in [0.1, 0.15) is 5.56 Å². The van der Waals surface area contributed by atoms with Gasteiger partial charge < -0.3 is 5.11 Å². The Bertz CT molecular complexity index is 783. The third kappa shape index (κ3) is 2.79. The van der Waals surface area contributed by atoms with Crippen molar-refractivity contribution in [3.05, 3.63) is 50.8 Å². The second-order valence-electron chi connectivity index (χ2n) is 4.36. The highest BCUT2D eigenvalue weighted by Crippen LogP contribution is 2.34. The van der Waals surface area contributed by atoms with Gasteiger partial charge in [0.2, 0.25) is 0 Å². The Balaban J connectivity index is 1.92. The van der Waals surface area contributed by atoms with Crippen LogP contribution in [-0.4, -0.2) is 27.2 Å². The summed E-state index contributed by atoms with van der Waals surface area (Å²) in [5.41, 5.74) is 1.16. The van der Waals surface area contributed by atoms with Crippen molar-refractivity contribution in [1.82, 2.24) is 9.97 Å². The number of carbonyl (C=O) groups is 1. The normalized spacial score (nSPS) is 15.8. The minimum absolute atomic E-state index is 0.106. The molecule has 0 radical (unpaired) electrons. The molecule has 1 aromatic carbocycles. The Morgan fingerprint density at radius 1 is 1.18 bits per heavy atom. The third-order valence-corrected chi connectivity index (χ3v) is 4.09. The largest absolute Gasteiger partial charge is 0.506 e. The molecular weight excluding hydrogens is 416 g/mol. The monoisotopic (exact) mass is 422 g/mol. The number of nitrogens with zero attached hydrogens (tertiary/aromatic N) is 4. The predicted octanol–water partition coefficient (Wildman–Crippen LogP) is 3.12. The molecule has 0 spiro atoms. The van der Waals surface area contributed by atoms with E-state index in [9.17, 15) is 9.90 Å². The smallest absolute Gasteiger partial charge is 0.281 e. The van der Waals surface area contributed by atoms with E-state index >= 15 is 0 Å². The highest BCUT2D eigenvalue weighted by molar-refractivity contribution is 9.11. The maximum atomic E-state index is 12.3. The molecule has 0 unspecified atom stereocenters. The minimum Gasteiger partial charge on any atom is -0.506 e. The van der Waals surface area contributed by atoms with Crippen LogP contribution in [0.25, 0.3) is 6.08 Å². The van der Waals surface area contributed by atoms with Crippen LogP contribution in [0.5, 0.6) is 5.75 Å². The summed E-state index contributed by atoms with van der Waals surface area (Å²) in [4.78, 5) is 20.3. The molecule has 1 aromatic heterocycles. The van der Waals surface area contributed by atoms with E-state index in [0.717, 1.165) is 5.56 Å². The van der Waals surface area contributed by atoms with Crippen molar-refractivity contribution in [1.29, 1.82) is 0 Å². The zero-order valence-electron chi connectivity index (χ0n) is 10.9. The summed E-state index contributed by atoms with van der Waals surface area (Å²) in [6.45, 7) is 0. The number of aromatic hydroxyl groups is 1. The fourth-order valence-corrected chi connectivity index (χ4v) is 3.08. The van der Waals surface area contributed by atoms with Gasteiger partial charge in [-0.05, 0) is 55.6 Å². The van der Waals surface area contributed by atoms with Crippen molar-refractivity contribution < 1.29 is 9.90 Å². The van der Waals surface area contributed by atoms with Crippen molar-refractivity contribution in [2.24, 2.45) is 5.10 Å². The van der Waals surface area contributed by atoms with Gasteiger partial charge in [-0.25, -0.2) is 4.98 Å². The minimum atomic E-state index is -0.291. The van der Waals surface area contributed by atoms with Crippen LogP contribution in [0.3, 0.4) is 0 Å². The molecule has 0 bridgehead atoms. The summed E-state index contributed by atoms with van der Waals surface area (Å²) in [6.07, 6.45) is 7.62. The Morgan fingerprint density at radius 3 is 2.55 bits per heavy atom. The van der Waals surface area contributed by atoms with Crippen LogP contribution in [-0.2, 0) is 4.79 Å². The molecule has 1 N–H and O–H groups in total. The first-order valence-electron chi connectivity index (χ1n) is 6.10. The van der Waals surface area contributed by atoms with Crippen molar-refractivity contribution in [2.75, 3.05) is 5.01 Å². The van der Waals surface area contributed by atoms with E-state index in [0.29, 0.717) is 20.3 Å². The van der Waals surface area contributed by atoms with Gasteiger partial charge in [0, 0.05) is 12.4 Å². The molecule has 6 nitrogen and oxygen atoms in total. The standard InChI is InChI=1S/C14H8Br2N4O2/c15-10-4-8(5-11(16)13(10)21)3-9-6-19-20(14(9)22)12-7-17-1-2-18-12/h1-7,21H. The lowest BCUT2D eigenvalue weighted by molar-refractivity contribution is -0.114. The molecular formula is C14H8Br2N4O2. The van der Waals surface area contributed by atoms with Gasteiger partial charge in [0.05, 0.1) is 26.9 Å². The van der Waals surface area contributed by atoms with Crippen LogP contribution in [0.2, 0.25) is 0 Å². The number of rotatable bonds is 2. The van der Waals surface area contributed by atoms with Gasteiger partial charge in [0.25, 0.3) is 5.91 Å². The Morgan fingerprint density at radius 2 is 1.91 bits per heavy atom. The molecule has 8 heteroatoms. The number of hydrogen-bond acceptors (Lipinski definition) is 5. The number of amides is 1. The number of hydrogen-bond donors (Lipinski definition) is 1. The number of phenols is 1. The molecule has 0 atom stereocenters. The summed E-state index contributed by atoms with van der Waals surface area (Å²) >= 11 is 6.51. The number of aromatic nitrogens is 2. The molecule has 2 aromatic rings. The first-order chi connectivity index (χ1) is 10.6. The molecule has 0 aliphatic carbocycles. The number of benzene rings is 1. The molecule has 1 aliphatic heterocycles. The average molecular weight is 424 g/mol. The highest BCUT2D eigenvalue weighted by atomic mass is 79.9. The maximum Gasteiger partial charge on any atom is 0.281 e. The van der Waals surface area contributed by atoms with E-state index in [2.05, 4.69) is 46.9 Å². The number of anilines is 1. The van der Waals surface area contributed by atoms with E-state index in [1.165, 1.54) is 29.8 Å². The van der Waals surface area contributed by atoms with Gasteiger partial charge >= 0.3 is 0 Å². The molecule has 22 heavy (non-hydrogen) atoms. The molecule has 1 aliphatic rings. The Kier molecular flexibility index (Phi) is 4.04. The van der Waals surface area contributed by atoms with Crippen LogP contribution in [0.4, 0.5) is 5.82 Å². The molecule has 2 heterocycles. The number of halogens is 2. The average Bonchev–Trinajstić information content (AvgIpc) is 2.87. The molecule has 3 rings (SSSR count). The quantitative estimate of drug-likeness (QED) is 0.752. The fourth-order valence-electron chi connectivity index (χ4n) is 1.86. The molecule has 0 saturated heterocycles. The second-order valence-corrected chi connectivity index (χ2v) is 6.07. The van der Waals surface area contributed by atoms with E-state index in [1.54, 1.807) is 18.2 Å². The topological polar surface area (TPSA) is 78.7 Å². The van der Waals surface area contributed by atoms with Gasteiger partial charge in [-0.2, -0.15) is 10.1 Å². The summed E-state index contributed by atoms with van der Waals surface area (Å²) < 4.78 is 1.06. The lowest BCUT2D eigenvalue weighted by Crippen LogP contribution is -2.22. The summed E-state index contributed by atoms with van der Waals surface area (Å²) in [7, 11) is 0. The lowest BCUT2D eigenvalue weighted by Gasteiger charge is -2.09.